The van der Waals surface area contributed by atoms with Crippen molar-refractivity contribution < 1.29 is 32.5 Å². The lowest BCUT2D eigenvalue weighted by Crippen LogP contribution is -2.33. The lowest BCUT2D eigenvalue weighted by molar-refractivity contribution is -0.192. The van der Waals surface area contributed by atoms with Gasteiger partial charge < -0.3 is 14.6 Å². The summed E-state index contributed by atoms with van der Waals surface area (Å²) in [6.45, 7) is 3.71. The molecule has 1 atom stereocenters. The Kier molecular flexibility index (Phi) is 6.36. The van der Waals surface area contributed by atoms with Crippen LogP contribution in [0.1, 0.15) is 24.2 Å². The molecule has 3 aromatic rings. The van der Waals surface area contributed by atoms with E-state index in [0.717, 1.165) is 55.4 Å². The molecule has 6 rings (SSSR count). The molecule has 0 radical (unpaired) electrons. The molecule has 1 N–H and O–H groups in total. The van der Waals surface area contributed by atoms with Crippen molar-refractivity contribution in [3.8, 4) is 22.8 Å². The molecular formula is C25H23F3N4O5. The summed E-state index contributed by atoms with van der Waals surface area (Å²) in [5, 5.41) is 16.1. The van der Waals surface area contributed by atoms with Crippen LogP contribution in [-0.2, 0) is 23.3 Å². The van der Waals surface area contributed by atoms with E-state index in [1.807, 2.05) is 41.0 Å². The summed E-state index contributed by atoms with van der Waals surface area (Å²) in [5.74, 6) is -0.281. The first-order valence-corrected chi connectivity index (χ1v) is 11.6. The summed E-state index contributed by atoms with van der Waals surface area (Å²) < 4.78 is 44.5. The number of carboxylic acid groups (broad SMARTS) is 1. The third-order valence-corrected chi connectivity index (χ3v) is 6.80. The lowest BCUT2D eigenvalue weighted by atomic mass is 9.85. The molecule has 1 saturated heterocycles. The zero-order valence-corrected chi connectivity index (χ0v) is 19.6. The van der Waals surface area contributed by atoms with E-state index in [9.17, 15) is 18.0 Å². The molecule has 4 heterocycles. The number of rotatable bonds is 3. The van der Waals surface area contributed by atoms with Crippen molar-refractivity contribution >= 4 is 5.97 Å². The van der Waals surface area contributed by atoms with Crippen molar-refractivity contribution in [2.75, 3.05) is 19.9 Å². The van der Waals surface area contributed by atoms with Crippen LogP contribution in [0.3, 0.4) is 0 Å². The normalized spacial score (nSPS) is 20.0. The number of fused-ring (bicyclic) bond motifs is 3. The smallest absolute Gasteiger partial charge is 0.475 e. The molecule has 3 aliphatic rings. The third-order valence-electron chi connectivity index (χ3n) is 6.80. The summed E-state index contributed by atoms with van der Waals surface area (Å²) in [5.41, 5.74) is 2.35. The fourth-order valence-electron chi connectivity index (χ4n) is 5.01. The van der Waals surface area contributed by atoms with Crippen LogP contribution in [-0.4, -0.2) is 56.8 Å². The minimum Gasteiger partial charge on any atom is -0.475 e. The molecule has 9 nitrogen and oxygen atoms in total. The maximum absolute atomic E-state index is 13.1. The number of ether oxygens (including phenoxy) is 2. The Morgan fingerprint density at radius 2 is 1.73 bits per heavy atom. The molecule has 1 spiro atoms. The number of hydrogen-bond donors (Lipinski definition) is 1. The summed E-state index contributed by atoms with van der Waals surface area (Å²) in [7, 11) is 0. The molecule has 1 unspecified atom stereocenters. The minimum absolute atomic E-state index is 0.0303. The fraction of sp³-hybridized carbons (Fsp3) is 0.360. The first kappa shape index (κ1) is 24.8. The van der Waals surface area contributed by atoms with Gasteiger partial charge in [0, 0.05) is 30.6 Å². The van der Waals surface area contributed by atoms with Crippen molar-refractivity contribution in [1.29, 1.82) is 0 Å². The Labute approximate surface area is 209 Å². The van der Waals surface area contributed by atoms with Crippen molar-refractivity contribution in [3.05, 3.63) is 70.3 Å². The second kappa shape index (κ2) is 9.51. The number of benzene rings is 2. The molecule has 2 aromatic carbocycles. The Morgan fingerprint density at radius 1 is 1.03 bits per heavy atom. The summed E-state index contributed by atoms with van der Waals surface area (Å²) >= 11 is 0. The average molecular weight is 516 g/mol. The number of alkyl halides is 3. The molecule has 37 heavy (non-hydrogen) atoms. The van der Waals surface area contributed by atoms with Gasteiger partial charge in [-0.2, -0.15) is 13.2 Å². The number of likely N-dealkylation sites (tertiary alicyclic amines) is 1. The Bertz CT molecular complexity index is 1380. The van der Waals surface area contributed by atoms with Gasteiger partial charge in [-0.15, -0.1) is 10.2 Å². The van der Waals surface area contributed by atoms with Crippen molar-refractivity contribution in [1.82, 2.24) is 19.7 Å². The van der Waals surface area contributed by atoms with Crippen LogP contribution in [0.25, 0.3) is 11.3 Å². The van der Waals surface area contributed by atoms with E-state index in [1.165, 1.54) is 5.56 Å². The molecule has 1 aromatic heterocycles. The van der Waals surface area contributed by atoms with Crippen LogP contribution in [0.15, 0.2) is 53.3 Å². The number of halogens is 3. The Hall–Kier alpha value is -3.93. The van der Waals surface area contributed by atoms with Crippen LogP contribution in [0.4, 0.5) is 13.2 Å². The number of hydrogen-bond acceptors (Lipinski definition) is 7. The van der Waals surface area contributed by atoms with E-state index >= 15 is 0 Å². The highest BCUT2D eigenvalue weighted by atomic mass is 19.4. The van der Waals surface area contributed by atoms with Crippen LogP contribution < -0.4 is 15.0 Å². The van der Waals surface area contributed by atoms with Gasteiger partial charge in [0.1, 0.15) is 5.82 Å². The van der Waals surface area contributed by atoms with Gasteiger partial charge in [-0.25, -0.2) is 4.79 Å². The van der Waals surface area contributed by atoms with E-state index in [0.29, 0.717) is 19.0 Å². The summed E-state index contributed by atoms with van der Waals surface area (Å²) in [6, 6.07) is 15.7. The largest absolute Gasteiger partial charge is 0.490 e. The molecule has 0 saturated carbocycles. The van der Waals surface area contributed by atoms with Crippen LogP contribution in [0.5, 0.6) is 11.5 Å². The highest BCUT2D eigenvalue weighted by Gasteiger charge is 2.47. The van der Waals surface area contributed by atoms with Gasteiger partial charge in [0.25, 0.3) is 5.56 Å². The maximum Gasteiger partial charge on any atom is 0.490 e. The van der Waals surface area contributed by atoms with E-state index < -0.39 is 12.1 Å². The molecular weight excluding hydrogens is 493 g/mol. The fourth-order valence-corrected chi connectivity index (χ4v) is 5.01. The van der Waals surface area contributed by atoms with Gasteiger partial charge in [-0.1, -0.05) is 36.4 Å². The molecule has 0 aliphatic carbocycles. The van der Waals surface area contributed by atoms with Gasteiger partial charge in [-0.05, 0) is 37.1 Å². The zero-order chi connectivity index (χ0) is 26.2. The predicted octanol–water partition coefficient (Wildman–Crippen LogP) is 3.21. The SMILES string of the molecule is O=C(O)C(F)(F)F.O=c1c(-c2ccccc2)nnc2n1CCC21CCN(Cc2ccc3c(c2)OCO3)C1. The van der Waals surface area contributed by atoms with E-state index in [1.54, 1.807) is 0 Å². The van der Waals surface area contributed by atoms with Gasteiger partial charge >= 0.3 is 12.1 Å². The molecule has 0 amide bonds. The molecule has 0 bridgehead atoms. The number of aromatic nitrogens is 3. The number of carbonyl (C=O) groups is 1. The topological polar surface area (TPSA) is 107 Å². The average Bonchev–Trinajstić information content (AvgIpc) is 3.59. The highest BCUT2D eigenvalue weighted by molar-refractivity contribution is 5.73. The molecule has 194 valence electrons. The molecule has 1 fully saturated rings. The Balaban J connectivity index is 0.000000355. The monoisotopic (exact) mass is 516 g/mol. The maximum atomic E-state index is 13.1. The van der Waals surface area contributed by atoms with Gasteiger partial charge in [0.2, 0.25) is 6.79 Å². The van der Waals surface area contributed by atoms with Crippen molar-refractivity contribution in [2.24, 2.45) is 0 Å². The predicted molar refractivity (Wildman–Crippen MR) is 124 cm³/mol. The zero-order valence-electron chi connectivity index (χ0n) is 19.6. The van der Waals surface area contributed by atoms with Crippen LogP contribution in [0, 0.1) is 0 Å². The number of aliphatic carboxylic acids is 1. The first-order valence-electron chi connectivity index (χ1n) is 11.6. The van der Waals surface area contributed by atoms with E-state index in [4.69, 9.17) is 19.4 Å². The summed E-state index contributed by atoms with van der Waals surface area (Å²) in [6.07, 6.45) is -3.15. The lowest BCUT2D eigenvalue weighted by Gasteiger charge is -2.23. The van der Waals surface area contributed by atoms with E-state index in [2.05, 4.69) is 27.2 Å². The van der Waals surface area contributed by atoms with Gasteiger partial charge in [0.05, 0.1) is 0 Å². The second-order valence-electron chi connectivity index (χ2n) is 9.18. The van der Waals surface area contributed by atoms with Crippen molar-refractivity contribution in [2.45, 2.75) is 37.5 Å². The third kappa shape index (κ3) is 4.88. The quantitative estimate of drug-likeness (QED) is 0.566. The molecule has 3 aliphatic heterocycles. The standard InChI is InChI=1S/C23H22N4O3.C2HF3O2/c28-21-20(17-4-2-1-3-5-17)24-25-22-23(9-11-27(21)22)8-10-26(14-23)13-16-6-7-18-19(12-16)30-15-29-18;3-2(4,5)1(6)7/h1-7,12H,8-11,13-15H2;(H,6,7). The van der Waals surface area contributed by atoms with E-state index in [-0.39, 0.29) is 11.0 Å². The van der Waals surface area contributed by atoms with Gasteiger partial charge in [-0.3, -0.25) is 14.3 Å². The number of nitrogens with zero attached hydrogens (tertiary/aromatic N) is 4. The van der Waals surface area contributed by atoms with Crippen LogP contribution in [0.2, 0.25) is 0 Å². The summed E-state index contributed by atoms with van der Waals surface area (Å²) in [4.78, 5) is 24.4. The van der Waals surface area contributed by atoms with Crippen molar-refractivity contribution in [3.63, 3.8) is 0 Å². The Morgan fingerprint density at radius 3 is 2.46 bits per heavy atom. The second-order valence-corrected chi connectivity index (χ2v) is 9.18. The minimum atomic E-state index is -5.08. The highest BCUT2D eigenvalue weighted by Crippen LogP contribution is 2.41. The first-order chi connectivity index (χ1) is 17.7. The number of carboxylic acids is 1. The molecule has 12 heteroatoms. The van der Waals surface area contributed by atoms with Crippen LogP contribution >= 0.6 is 0 Å². The van der Waals surface area contributed by atoms with Gasteiger partial charge in [0.15, 0.2) is 17.2 Å².